The molecule has 0 amide bonds. The van der Waals surface area contributed by atoms with Gasteiger partial charge in [-0.05, 0) is 64.2 Å². The highest BCUT2D eigenvalue weighted by molar-refractivity contribution is 5.79. The molecule has 2 atom stereocenters. The highest BCUT2D eigenvalue weighted by atomic mass is 19.4. The molecule has 0 N–H and O–H groups in total. The highest BCUT2D eigenvalue weighted by Gasteiger charge is 2.64. The van der Waals surface area contributed by atoms with Gasteiger partial charge in [-0.3, -0.25) is 9.59 Å². The lowest BCUT2D eigenvalue weighted by atomic mass is 9.48. The minimum atomic E-state index is -6.09. The summed E-state index contributed by atoms with van der Waals surface area (Å²) in [5.41, 5.74) is -2.59. The van der Waals surface area contributed by atoms with E-state index in [-0.39, 0.29) is 24.2 Å². The zero-order chi connectivity index (χ0) is 25.8. The molecule has 4 rings (SSSR count). The number of carbonyl (C=O) groups is 2. The molecule has 0 aliphatic heterocycles. The quantitative estimate of drug-likeness (QED) is 0.267. The van der Waals surface area contributed by atoms with Crippen LogP contribution >= 0.6 is 0 Å². The first-order valence-electron chi connectivity index (χ1n) is 11.6. The number of halogens is 7. The van der Waals surface area contributed by atoms with Gasteiger partial charge in [0.1, 0.15) is 5.60 Å². The van der Waals surface area contributed by atoms with Gasteiger partial charge in [0.15, 0.2) is 0 Å². The summed E-state index contributed by atoms with van der Waals surface area (Å²) in [6.07, 6.45) is -6.53. The van der Waals surface area contributed by atoms with Gasteiger partial charge >= 0.3 is 24.0 Å². The maximum absolute atomic E-state index is 13.8. The van der Waals surface area contributed by atoms with Gasteiger partial charge in [0.2, 0.25) is 0 Å². The van der Waals surface area contributed by atoms with E-state index in [4.69, 9.17) is 9.47 Å². The zero-order valence-corrected chi connectivity index (χ0v) is 19.5. The van der Waals surface area contributed by atoms with E-state index >= 15 is 0 Å². The van der Waals surface area contributed by atoms with E-state index in [0.29, 0.717) is 32.1 Å². The molecule has 0 heterocycles. The van der Waals surface area contributed by atoms with E-state index in [1.807, 2.05) is 6.92 Å². The normalized spacial score (nSPS) is 31.5. The van der Waals surface area contributed by atoms with Gasteiger partial charge in [-0.1, -0.05) is 6.92 Å². The third-order valence-corrected chi connectivity index (χ3v) is 7.78. The Labute approximate surface area is 193 Å². The molecular weight excluding hydrogens is 473 g/mol. The van der Waals surface area contributed by atoms with Crippen molar-refractivity contribution in [2.75, 3.05) is 6.61 Å². The van der Waals surface area contributed by atoms with Crippen LogP contribution in [0.15, 0.2) is 0 Å². The zero-order valence-electron chi connectivity index (χ0n) is 19.5. The third-order valence-electron chi connectivity index (χ3n) is 7.78. The van der Waals surface area contributed by atoms with Crippen LogP contribution in [0.25, 0.3) is 0 Å². The predicted molar refractivity (Wildman–Crippen MR) is 106 cm³/mol. The Bertz CT molecular complexity index is 792. The molecule has 4 saturated carbocycles. The Kier molecular flexibility index (Phi) is 6.79. The number of rotatable bonds is 9. The van der Waals surface area contributed by atoms with Crippen molar-refractivity contribution < 1.29 is 49.8 Å². The van der Waals surface area contributed by atoms with Crippen molar-refractivity contribution in [3.63, 3.8) is 0 Å². The summed E-state index contributed by atoms with van der Waals surface area (Å²) in [6.45, 7) is 4.41. The van der Waals surface area contributed by atoms with Crippen molar-refractivity contribution in [2.45, 2.75) is 102 Å². The Balaban J connectivity index is 1.64. The lowest BCUT2D eigenvalue weighted by Crippen LogP contribution is -2.60. The molecule has 0 saturated heterocycles. The fraction of sp³-hybridized carbons (Fsp3) is 0.913. The molecule has 4 nitrogen and oxygen atoms in total. The van der Waals surface area contributed by atoms with Gasteiger partial charge in [-0.25, -0.2) is 8.78 Å². The average molecular weight is 504 g/mol. The van der Waals surface area contributed by atoms with Crippen molar-refractivity contribution >= 4 is 11.9 Å². The Morgan fingerprint density at radius 2 is 1.50 bits per heavy atom. The van der Waals surface area contributed by atoms with Crippen LogP contribution in [0.4, 0.5) is 30.7 Å². The van der Waals surface area contributed by atoms with Crippen molar-refractivity contribution in [2.24, 2.45) is 22.7 Å². The number of ether oxygens (including phenoxy) is 2. The van der Waals surface area contributed by atoms with E-state index in [1.54, 1.807) is 13.8 Å². The topological polar surface area (TPSA) is 52.6 Å². The molecule has 11 heteroatoms. The van der Waals surface area contributed by atoms with Gasteiger partial charge in [0.25, 0.3) is 5.92 Å². The second kappa shape index (κ2) is 8.54. The molecule has 34 heavy (non-hydrogen) atoms. The second-order valence-corrected chi connectivity index (χ2v) is 11.2. The Hall–Kier alpha value is -1.55. The van der Waals surface area contributed by atoms with Crippen LogP contribution in [0.2, 0.25) is 0 Å². The number of carbonyl (C=O) groups excluding carboxylic acids is 2. The SMILES string of the molecule is CCC(C)(C)C(=O)OC12CC3CC(C1)CC(C(=O)OCCC(F)(F)CC(F)(F)C(F)(F)F)(C3)C2. The van der Waals surface area contributed by atoms with Crippen LogP contribution in [-0.2, 0) is 19.1 Å². The van der Waals surface area contributed by atoms with Crippen LogP contribution in [0, 0.1) is 22.7 Å². The maximum atomic E-state index is 13.8. The molecule has 2 unspecified atom stereocenters. The van der Waals surface area contributed by atoms with Gasteiger partial charge in [-0.2, -0.15) is 22.0 Å². The van der Waals surface area contributed by atoms with Crippen LogP contribution in [0.1, 0.15) is 78.6 Å². The van der Waals surface area contributed by atoms with Crippen LogP contribution in [0.5, 0.6) is 0 Å². The molecule has 0 aromatic carbocycles. The summed E-state index contributed by atoms with van der Waals surface area (Å²) in [7, 11) is 0. The fourth-order valence-electron chi connectivity index (χ4n) is 5.98. The van der Waals surface area contributed by atoms with Crippen LogP contribution in [0.3, 0.4) is 0 Å². The first-order chi connectivity index (χ1) is 15.3. The minimum absolute atomic E-state index is 0.0956. The standard InChI is InChI=1S/C23H31F7O4/c1-4-18(2,3)16(31)34-20-10-14-7-15(11-20)9-19(8-14,12-20)17(32)33-6-5-21(24,25)13-22(26,27)23(28,29)30/h14-15H,4-13H2,1-3H3. The summed E-state index contributed by atoms with van der Waals surface area (Å²) in [5, 5.41) is 0. The molecule has 0 radical (unpaired) electrons. The molecule has 4 aliphatic rings. The number of hydrogen-bond acceptors (Lipinski definition) is 4. The summed E-state index contributed by atoms with van der Waals surface area (Å²) in [4.78, 5) is 25.7. The average Bonchev–Trinajstić information content (AvgIpc) is 2.64. The molecule has 0 spiro atoms. The monoisotopic (exact) mass is 504 g/mol. The van der Waals surface area contributed by atoms with Gasteiger partial charge < -0.3 is 9.47 Å². The van der Waals surface area contributed by atoms with Crippen molar-refractivity contribution in [1.29, 1.82) is 0 Å². The molecule has 4 aliphatic carbocycles. The number of esters is 2. The van der Waals surface area contributed by atoms with E-state index in [0.717, 1.165) is 6.42 Å². The van der Waals surface area contributed by atoms with E-state index in [1.165, 1.54) is 0 Å². The second-order valence-electron chi connectivity index (χ2n) is 11.2. The molecule has 4 bridgehead atoms. The Morgan fingerprint density at radius 3 is 2.00 bits per heavy atom. The van der Waals surface area contributed by atoms with Crippen molar-refractivity contribution in [1.82, 2.24) is 0 Å². The van der Waals surface area contributed by atoms with Crippen LogP contribution in [-0.4, -0.2) is 42.2 Å². The van der Waals surface area contributed by atoms with E-state index < -0.39 is 59.9 Å². The van der Waals surface area contributed by atoms with Crippen molar-refractivity contribution in [3.05, 3.63) is 0 Å². The maximum Gasteiger partial charge on any atom is 0.453 e. The lowest BCUT2D eigenvalue weighted by Gasteiger charge is -2.60. The summed E-state index contributed by atoms with van der Waals surface area (Å²) < 4.78 is 101. The third kappa shape index (κ3) is 5.32. The molecule has 196 valence electrons. The van der Waals surface area contributed by atoms with E-state index in [2.05, 4.69) is 0 Å². The van der Waals surface area contributed by atoms with Gasteiger partial charge in [-0.15, -0.1) is 0 Å². The predicted octanol–water partition coefficient (Wildman–Crippen LogP) is 6.46. The first-order valence-corrected chi connectivity index (χ1v) is 11.6. The first kappa shape index (κ1) is 27.0. The molecule has 0 aromatic heterocycles. The highest BCUT2D eigenvalue weighted by Crippen LogP contribution is 2.63. The van der Waals surface area contributed by atoms with E-state index in [9.17, 15) is 40.3 Å². The minimum Gasteiger partial charge on any atom is -0.465 e. The number of alkyl halides is 7. The van der Waals surface area contributed by atoms with Gasteiger partial charge in [0, 0.05) is 12.8 Å². The number of hydrogen-bond donors (Lipinski definition) is 0. The molecule has 4 fully saturated rings. The summed E-state index contributed by atoms with van der Waals surface area (Å²) >= 11 is 0. The Morgan fingerprint density at radius 1 is 0.941 bits per heavy atom. The fourth-order valence-corrected chi connectivity index (χ4v) is 5.98. The van der Waals surface area contributed by atoms with Crippen LogP contribution < -0.4 is 0 Å². The smallest absolute Gasteiger partial charge is 0.453 e. The largest absolute Gasteiger partial charge is 0.465 e. The van der Waals surface area contributed by atoms with Crippen molar-refractivity contribution in [3.8, 4) is 0 Å². The molecule has 0 aromatic rings. The molecular formula is C23H31F7O4. The van der Waals surface area contributed by atoms with Gasteiger partial charge in [0.05, 0.1) is 23.9 Å². The summed E-state index contributed by atoms with van der Waals surface area (Å²) in [5.74, 6) is -10.9. The summed E-state index contributed by atoms with van der Waals surface area (Å²) in [6, 6.07) is 0. The lowest BCUT2D eigenvalue weighted by molar-refractivity contribution is -0.301.